The van der Waals surface area contributed by atoms with Gasteiger partial charge in [-0.05, 0) is 31.0 Å². The highest BCUT2D eigenvalue weighted by atomic mass is 35.5. The predicted molar refractivity (Wildman–Crippen MR) is 96.8 cm³/mol. The maximum absolute atomic E-state index is 12.6. The minimum absolute atomic E-state index is 0.00569. The molecule has 2 rings (SSSR count). The topological polar surface area (TPSA) is 122 Å². The Hall–Kier alpha value is -2.17. The number of rotatable bonds is 7. The summed E-state index contributed by atoms with van der Waals surface area (Å²) in [7, 11) is -2.30. The van der Waals surface area contributed by atoms with Crippen molar-refractivity contribution in [3.05, 3.63) is 28.8 Å². The van der Waals surface area contributed by atoms with Crippen molar-refractivity contribution in [1.29, 1.82) is 0 Å². The van der Waals surface area contributed by atoms with Gasteiger partial charge < -0.3 is 15.4 Å². The van der Waals surface area contributed by atoms with Gasteiger partial charge in [-0.2, -0.15) is 4.31 Å². The van der Waals surface area contributed by atoms with Crippen molar-refractivity contribution in [2.45, 2.75) is 17.7 Å². The number of nitrogens with one attached hydrogen (secondary N) is 2. The average molecular weight is 418 g/mol. The summed E-state index contributed by atoms with van der Waals surface area (Å²) in [5, 5.41) is 4.59. The van der Waals surface area contributed by atoms with Crippen LogP contribution in [0.1, 0.15) is 23.2 Å². The molecule has 0 spiro atoms. The van der Waals surface area contributed by atoms with Gasteiger partial charge in [0, 0.05) is 20.1 Å². The second kappa shape index (κ2) is 9.16. The maximum atomic E-state index is 12.6. The summed E-state index contributed by atoms with van der Waals surface area (Å²) < 4.78 is 31.4. The molecule has 1 aromatic rings. The number of hydrogen-bond donors (Lipinski definition) is 2. The monoisotopic (exact) mass is 417 g/mol. The summed E-state index contributed by atoms with van der Waals surface area (Å²) in [6.45, 7) is -0.0288. The van der Waals surface area contributed by atoms with Gasteiger partial charge in [0.1, 0.15) is 0 Å². The Morgan fingerprint density at radius 2 is 1.85 bits per heavy atom. The molecule has 0 aliphatic carbocycles. The minimum Gasteiger partial charge on any atom is -0.452 e. The number of likely N-dealkylation sites (N-methyl/N-ethyl adjacent to an activating group) is 1. The van der Waals surface area contributed by atoms with Crippen LogP contribution in [0, 0.1) is 0 Å². The number of carbonyl (C=O) groups is 3. The molecule has 1 aromatic carbocycles. The summed E-state index contributed by atoms with van der Waals surface area (Å²) in [4.78, 5) is 34.8. The average Bonchev–Trinajstić information content (AvgIpc) is 3.19. The van der Waals surface area contributed by atoms with Crippen molar-refractivity contribution in [3.63, 3.8) is 0 Å². The number of sulfonamides is 1. The highest BCUT2D eigenvalue weighted by Gasteiger charge is 2.28. The quantitative estimate of drug-likeness (QED) is 0.609. The number of amides is 2. The van der Waals surface area contributed by atoms with Crippen molar-refractivity contribution in [2.75, 3.05) is 33.3 Å². The normalized spacial score (nSPS) is 14.6. The van der Waals surface area contributed by atoms with E-state index in [0.29, 0.717) is 13.1 Å². The van der Waals surface area contributed by atoms with Crippen LogP contribution in [0.5, 0.6) is 0 Å². The summed E-state index contributed by atoms with van der Waals surface area (Å²) in [5.74, 6) is -2.02. The fourth-order valence-electron chi connectivity index (χ4n) is 2.43. The first-order valence-corrected chi connectivity index (χ1v) is 10.0. The Balaban J connectivity index is 2.06. The molecule has 0 radical (unpaired) electrons. The Morgan fingerprint density at radius 1 is 1.19 bits per heavy atom. The van der Waals surface area contributed by atoms with E-state index in [1.54, 1.807) is 0 Å². The van der Waals surface area contributed by atoms with Crippen LogP contribution in [0.3, 0.4) is 0 Å². The van der Waals surface area contributed by atoms with Gasteiger partial charge in [-0.25, -0.2) is 13.2 Å². The molecule has 1 aliphatic rings. The van der Waals surface area contributed by atoms with Crippen molar-refractivity contribution in [1.82, 2.24) is 14.9 Å². The second-order valence-corrected chi connectivity index (χ2v) is 8.12. The van der Waals surface area contributed by atoms with E-state index < -0.39 is 34.4 Å². The van der Waals surface area contributed by atoms with Gasteiger partial charge in [0.25, 0.3) is 5.91 Å². The van der Waals surface area contributed by atoms with E-state index in [1.165, 1.54) is 23.5 Å². The largest absolute Gasteiger partial charge is 0.452 e. The Morgan fingerprint density at radius 3 is 2.48 bits per heavy atom. The van der Waals surface area contributed by atoms with Gasteiger partial charge in [0.15, 0.2) is 6.61 Å². The lowest BCUT2D eigenvalue weighted by molar-refractivity contribution is -0.127. The molecule has 0 unspecified atom stereocenters. The van der Waals surface area contributed by atoms with E-state index in [2.05, 4.69) is 10.6 Å². The first-order valence-electron chi connectivity index (χ1n) is 8.20. The molecule has 1 heterocycles. The molecule has 0 bridgehead atoms. The number of nitrogens with zero attached hydrogens (tertiary/aromatic N) is 1. The molecule has 2 amide bonds. The number of halogens is 1. The van der Waals surface area contributed by atoms with Gasteiger partial charge in [0.05, 0.1) is 22.0 Å². The van der Waals surface area contributed by atoms with Crippen LogP contribution in [0.15, 0.2) is 23.1 Å². The second-order valence-electron chi connectivity index (χ2n) is 5.78. The van der Waals surface area contributed by atoms with E-state index in [0.717, 1.165) is 18.9 Å². The number of hydrogen-bond acceptors (Lipinski definition) is 6. The first-order chi connectivity index (χ1) is 12.8. The summed E-state index contributed by atoms with van der Waals surface area (Å²) in [6.07, 6.45) is 1.57. The lowest BCUT2D eigenvalue weighted by atomic mass is 10.2. The van der Waals surface area contributed by atoms with E-state index in [1.807, 2.05) is 0 Å². The van der Waals surface area contributed by atoms with Crippen LogP contribution in [0.25, 0.3) is 0 Å². The van der Waals surface area contributed by atoms with Gasteiger partial charge in [0.2, 0.25) is 15.9 Å². The van der Waals surface area contributed by atoms with E-state index >= 15 is 0 Å². The third-order valence-electron chi connectivity index (χ3n) is 3.92. The fraction of sp³-hybridized carbons (Fsp3) is 0.438. The zero-order valence-electron chi connectivity index (χ0n) is 14.7. The summed E-state index contributed by atoms with van der Waals surface area (Å²) >= 11 is 5.97. The van der Waals surface area contributed by atoms with Crippen LogP contribution in [0.4, 0.5) is 0 Å². The maximum Gasteiger partial charge on any atom is 0.340 e. The van der Waals surface area contributed by atoms with Crippen LogP contribution in [-0.2, 0) is 24.3 Å². The zero-order chi connectivity index (χ0) is 20.0. The van der Waals surface area contributed by atoms with Crippen molar-refractivity contribution in [3.8, 4) is 0 Å². The van der Waals surface area contributed by atoms with Crippen LogP contribution in [-0.4, -0.2) is 63.8 Å². The van der Waals surface area contributed by atoms with E-state index in [9.17, 15) is 22.8 Å². The molecule has 2 N–H and O–H groups in total. The molecular formula is C16H20ClN3O6S. The van der Waals surface area contributed by atoms with E-state index in [4.69, 9.17) is 16.3 Å². The SMILES string of the molecule is CNC(=O)CNC(=O)COC(=O)c1cc(S(=O)(=O)N2CCCC2)ccc1Cl. The fourth-order valence-corrected chi connectivity index (χ4v) is 4.16. The molecule has 0 atom stereocenters. The third-order valence-corrected chi connectivity index (χ3v) is 6.14. The molecule has 27 heavy (non-hydrogen) atoms. The Labute approximate surface area is 162 Å². The standard InChI is InChI=1S/C16H20ClN3O6S/c1-18-14(21)9-19-15(22)10-26-16(23)12-8-11(4-5-13(12)17)27(24,25)20-6-2-3-7-20/h4-5,8H,2-3,6-7,9-10H2,1H3,(H,18,21)(H,19,22). The molecule has 0 saturated carbocycles. The van der Waals surface area contributed by atoms with Gasteiger partial charge in [-0.1, -0.05) is 11.6 Å². The predicted octanol–water partition coefficient (Wildman–Crippen LogP) is 0.144. The van der Waals surface area contributed by atoms with Crippen molar-refractivity contribution in [2.24, 2.45) is 0 Å². The number of ether oxygens (including phenoxy) is 1. The molecule has 9 nitrogen and oxygen atoms in total. The Bertz CT molecular complexity index is 837. The first kappa shape index (κ1) is 21.1. The molecule has 1 saturated heterocycles. The van der Waals surface area contributed by atoms with Crippen molar-refractivity contribution < 1.29 is 27.5 Å². The summed E-state index contributed by atoms with van der Waals surface area (Å²) in [6, 6.07) is 3.76. The third kappa shape index (κ3) is 5.41. The van der Waals surface area contributed by atoms with Gasteiger partial charge >= 0.3 is 5.97 Å². The summed E-state index contributed by atoms with van der Waals surface area (Å²) in [5.41, 5.74) is -0.156. The molecule has 1 fully saturated rings. The molecule has 1 aliphatic heterocycles. The highest BCUT2D eigenvalue weighted by Crippen LogP contribution is 2.25. The highest BCUT2D eigenvalue weighted by molar-refractivity contribution is 7.89. The number of benzene rings is 1. The van der Waals surface area contributed by atoms with Gasteiger partial charge in [-0.15, -0.1) is 0 Å². The molecule has 148 valence electrons. The van der Waals surface area contributed by atoms with Crippen LogP contribution < -0.4 is 10.6 Å². The molecular weight excluding hydrogens is 398 g/mol. The molecule has 11 heteroatoms. The zero-order valence-corrected chi connectivity index (χ0v) is 16.2. The van der Waals surface area contributed by atoms with Crippen molar-refractivity contribution >= 4 is 39.4 Å². The number of esters is 1. The molecule has 0 aromatic heterocycles. The lowest BCUT2D eigenvalue weighted by Gasteiger charge is -2.16. The number of carbonyl (C=O) groups excluding carboxylic acids is 3. The smallest absolute Gasteiger partial charge is 0.340 e. The van der Waals surface area contributed by atoms with Crippen LogP contribution in [0.2, 0.25) is 5.02 Å². The van der Waals surface area contributed by atoms with E-state index in [-0.39, 0.29) is 22.0 Å². The minimum atomic E-state index is -3.72. The van der Waals surface area contributed by atoms with Crippen LogP contribution >= 0.6 is 11.6 Å². The Kier molecular flexibility index (Phi) is 7.17. The lowest BCUT2D eigenvalue weighted by Crippen LogP contribution is -2.37. The van der Waals surface area contributed by atoms with Gasteiger partial charge in [-0.3, -0.25) is 9.59 Å².